The third-order valence-electron chi connectivity index (χ3n) is 2.07. The molecule has 0 aromatic rings. The molecule has 5 heteroatoms. The zero-order valence-electron chi connectivity index (χ0n) is 7.64. The van der Waals surface area contributed by atoms with Gasteiger partial charge in [0.1, 0.15) is 0 Å². The average Bonchev–Trinajstić information content (AvgIpc) is 2.32. The summed E-state index contributed by atoms with van der Waals surface area (Å²) in [6.45, 7) is 1.65. The van der Waals surface area contributed by atoms with E-state index >= 15 is 0 Å². The molecular formula is C8H16F2N2O. The summed E-state index contributed by atoms with van der Waals surface area (Å²) in [5.74, 6) is -2.76. The second-order valence-electron chi connectivity index (χ2n) is 3.30. The standard InChI is InChI=1S/C8H16F2N2O/c9-8(10,6-11)7-12-2-1-4-13-5-3-12/h1-7,11H2. The minimum atomic E-state index is -2.76. The quantitative estimate of drug-likeness (QED) is 0.702. The van der Waals surface area contributed by atoms with Crippen molar-refractivity contribution in [2.24, 2.45) is 5.73 Å². The summed E-state index contributed by atoms with van der Waals surface area (Å²) in [4.78, 5) is 1.71. The van der Waals surface area contributed by atoms with E-state index in [1.807, 2.05) is 0 Å². The van der Waals surface area contributed by atoms with Gasteiger partial charge in [0.15, 0.2) is 0 Å². The third kappa shape index (κ3) is 3.97. The van der Waals surface area contributed by atoms with E-state index in [0.29, 0.717) is 26.3 Å². The number of hydrogen-bond donors (Lipinski definition) is 1. The van der Waals surface area contributed by atoms with E-state index < -0.39 is 12.5 Å². The highest BCUT2D eigenvalue weighted by atomic mass is 19.3. The summed E-state index contributed by atoms with van der Waals surface area (Å²) < 4.78 is 30.9. The fourth-order valence-electron chi connectivity index (χ4n) is 1.35. The summed E-state index contributed by atoms with van der Waals surface area (Å²) in [5.41, 5.74) is 4.95. The van der Waals surface area contributed by atoms with Crippen LogP contribution < -0.4 is 5.73 Å². The second kappa shape index (κ2) is 4.83. The van der Waals surface area contributed by atoms with E-state index in [4.69, 9.17) is 10.5 Å². The SMILES string of the molecule is NCC(F)(F)CN1CCCOCC1. The molecule has 3 nitrogen and oxygen atoms in total. The Bertz CT molecular complexity index is 147. The molecule has 1 heterocycles. The monoisotopic (exact) mass is 194 g/mol. The Labute approximate surface area is 76.8 Å². The highest BCUT2D eigenvalue weighted by Crippen LogP contribution is 2.14. The Morgan fingerprint density at radius 3 is 2.77 bits per heavy atom. The van der Waals surface area contributed by atoms with Crippen LogP contribution in [0.25, 0.3) is 0 Å². The van der Waals surface area contributed by atoms with Crippen molar-refractivity contribution in [2.45, 2.75) is 12.3 Å². The minimum Gasteiger partial charge on any atom is -0.380 e. The van der Waals surface area contributed by atoms with Crippen LogP contribution in [0.1, 0.15) is 6.42 Å². The van der Waals surface area contributed by atoms with Gasteiger partial charge in [-0.15, -0.1) is 0 Å². The maximum atomic E-state index is 12.9. The minimum absolute atomic E-state index is 0.243. The van der Waals surface area contributed by atoms with E-state index in [9.17, 15) is 8.78 Å². The largest absolute Gasteiger partial charge is 0.380 e. The lowest BCUT2D eigenvalue weighted by atomic mass is 10.3. The number of hydrogen-bond acceptors (Lipinski definition) is 3. The molecule has 78 valence electrons. The van der Waals surface area contributed by atoms with Crippen molar-refractivity contribution >= 4 is 0 Å². The van der Waals surface area contributed by atoms with Gasteiger partial charge < -0.3 is 10.5 Å². The fraction of sp³-hybridized carbons (Fsp3) is 1.00. The maximum absolute atomic E-state index is 12.9. The van der Waals surface area contributed by atoms with Crippen LogP contribution in [0.3, 0.4) is 0 Å². The van der Waals surface area contributed by atoms with E-state index in [0.717, 1.165) is 6.42 Å². The van der Waals surface area contributed by atoms with Gasteiger partial charge in [-0.1, -0.05) is 0 Å². The van der Waals surface area contributed by atoms with Crippen molar-refractivity contribution in [3.8, 4) is 0 Å². The molecule has 0 radical (unpaired) electrons. The summed E-state index contributed by atoms with van der Waals surface area (Å²) in [5, 5.41) is 0. The Hall–Kier alpha value is -0.260. The van der Waals surface area contributed by atoms with Gasteiger partial charge in [-0.2, -0.15) is 0 Å². The molecule has 2 N–H and O–H groups in total. The van der Waals surface area contributed by atoms with Gasteiger partial charge in [-0.3, -0.25) is 4.90 Å². The number of nitrogens with zero attached hydrogens (tertiary/aromatic N) is 1. The van der Waals surface area contributed by atoms with E-state index in [-0.39, 0.29) is 6.54 Å². The van der Waals surface area contributed by atoms with Gasteiger partial charge >= 0.3 is 0 Å². The zero-order chi connectivity index (χ0) is 9.73. The molecular weight excluding hydrogens is 178 g/mol. The van der Waals surface area contributed by atoms with Crippen LogP contribution in [0.2, 0.25) is 0 Å². The maximum Gasteiger partial charge on any atom is 0.272 e. The second-order valence-corrected chi connectivity index (χ2v) is 3.30. The molecule has 13 heavy (non-hydrogen) atoms. The number of ether oxygens (including phenoxy) is 1. The lowest BCUT2D eigenvalue weighted by molar-refractivity contribution is -0.0235. The zero-order valence-corrected chi connectivity index (χ0v) is 7.64. The molecule has 0 bridgehead atoms. The molecule has 0 aromatic heterocycles. The van der Waals surface area contributed by atoms with Gasteiger partial charge in [-0.05, 0) is 6.42 Å². The molecule has 1 aliphatic heterocycles. The first-order chi connectivity index (χ1) is 6.14. The normalized spacial score (nSPS) is 21.5. The van der Waals surface area contributed by atoms with Gasteiger partial charge in [0, 0.05) is 19.7 Å². The van der Waals surface area contributed by atoms with Crippen LogP contribution in [0.5, 0.6) is 0 Å². The molecule has 0 atom stereocenters. The smallest absolute Gasteiger partial charge is 0.272 e. The summed E-state index contributed by atoms with van der Waals surface area (Å²) in [7, 11) is 0. The van der Waals surface area contributed by atoms with Crippen LogP contribution in [0.15, 0.2) is 0 Å². The van der Waals surface area contributed by atoms with Gasteiger partial charge in [0.05, 0.1) is 19.7 Å². The summed E-state index contributed by atoms with van der Waals surface area (Å²) in [6, 6.07) is 0. The van der Waals surface area contributed by atoms with Crippen molar-refractivity contribution in [2.75, 3.05) is 39.4 Å². The highest BCUT2D eigenvalue weighted by molar-refractivity contribution is 4.74. The first-order valence-electron chi connectivity index (χ1n) is 4.52. The summed E-state index contributed by atoms with van der Waals surface area (Å²) in [6.07, 6.45) is 0.820. The van der Waals surface area contributed by atoms with Gasteiger partial charge in [-0.25, -0.2) is 8.78 Å². The van der Waals surface area contributed by atoms with Crippen LogP contribution in [-0.4, -0.2) is 50.2 Å². The molecule has 0 saturated carbocycles. The number of nitrogens with two attached hydrogens (primary N) is 1. The molecule has 1 saturated heterocycles. The van der Waals surface area contributed by atoms with Crippen LogP contribution in [-0.2, 0) is 4.74 Å². The fourth-order valence-corrected chi connectivity index (χ4v) is 1.35. The lowest BCUT2D eigenvalue weighted by Crippen LogP contribution is -2.42. The molecule has 1 fully saturated rings. The Morgan fingerprint density at radius 1 is 1.31 bits per heavy atom. The molecule has 0 spiro atoms. The molecule has 0 aromatic carbocycles. The Kier molecular flexibility index (Phi) is 4.02. The topological polar surface area (TPSA) is 38.5 Å². The Morgan fingerprint density at radius 2 is 2.08 bits per heavy atom. The Balaban J connectivity index is 2.33. The van der Waals surface area contributed by atoms with Crippen LogP contribution >= 0.6 is 0 Å². The van der Waals surface area contributed by atoms with Crippen LogP contribution in [0.4, 0.5) is 8.78 Å². The van der Waals surface area contributed by atoms with E-state index in [1.165, 1.54) is 0 Å². The molecule has 1 aliphatic rings. The number of rotatable bonds is 3. The van der Waals surface area contributed by atoms with Crippen molar-refractivity contribution in [3.63, 3.8) is 0 Å². The molecule has 0 amide bonds. The predicted molar refractivity (Wildman–Crippen MR) is 45.9 cm³/mol. The molecule has 1 rings (SSSR count). The van der Waals surface area contributed by atoms with Crippen LogP contribution in [0, 0.1) is 0 Å². The average molecular weight is 194 g/mol. The highest BCUT2D eigenvalue weighted by Gasteiger charge is 2.29. The van der Waals surface area contributed by atoms with Crippen molar-refractivity contribution in [1.82, 2.24) is 4.90 Å². The first-order valence-corrected chi connectivity index (χ1v) is 4.52. The predicted octanol–water partition coefficient (Wildman–Crippen LogP) is 0.303. The molecule has 0 aliphatic carbocycles. The first kappa shape index (κ1) is 10.8. The summed E-state index contributed by atoms with van der Waals surface area (Å²) >= 11 is 0. The number of halogens is 2. The van der Waals surface area contributed by atoms with E-state index in [1.54, 1.807) is 4.90 Å². The lowest BCUT2D eigenvalue weighted by Gasteiger charge is -2.24. The van der Waals surface area contributed by atoms with E-state index in [2.05, 4.69) is 0 Å². The van der Waals surface area contributed by atoms with Crippen molar-refractivity contribution in [1.29, 1.82) is 0 Å². The number of alkyl halides is 2. The molecule has 0 unspecified atom stereocenters. The third-order valence-corrected chi connectivity index (χ3v) is 2.07. The van der Waals surface area contributed by atoms with Gasteiger partial charge in [0.25, 0.3) is 5.92 Å². The van der Waals surface area contributed by atoms with Gasteiger partial charge in [0.2, 0.25) is 0 Å². The van der Waals surface area contributed by atoms with Crippen molar-refractivity contribution in [3.05, 3.63) is 0 Å². The van der Waals surface area contributed by atoms with Crippen molar-refractivity contribution < 1.29 is 13.5 Å².